The van der Waals surface area contributed by atoms with Crippen molar-refractivity contribution in [3.05, 3.63) is 130 Å². The molecular weight excluding hydrogens is 622 g/mol. The Balaban J connectivity index is 0.000000212. The summed E-state index contributed by atoms with van der Waals surface area (Å²) in [5.41, 5.74) is 13.2. The van der Waals surface area contributed by atoms with Gasteiger partial charge in [0.2, 0.25) is 0 Å². The van der Waals surface area contributed by atoms with Gasteiger partial charge in [0.1, 0.15) is 0 Å². The van der Waals surface area contributed by atoms with Crippen molar-refractivity contribution >= 4 is 35.4 Å². The summed E-state index contributed by atoms with van der Waals surface area (Å²) >= 11 is -1.61. The molecule has 0 saturated carbocycles. The molecule has 5 rings (SSSR count). The molecule has 0 atom stereocenters. The molecule has 3 nitrogen and oxygen atoms in total. The summed E-state index contributed by atoms with van der Waals surface area (Å²) in [6, 6.07) is 23.0. The first-order valence-electron chi connectivity index (χ1n) is 13.3. The summed E-state index contributed by atoms with van der Waals surface area (Å²) in [6.07, 6.45) is 3.57. The number of aromatic nitrogens is 1. The fraction of sp³-hybridized carbons (Fsp3) is 0.265. The molecule has 2 heterocycles. The fourth-order valence-corrected chi connectivity index (χ4v) is 6.95. The van der Waals surface area contributed by atoms with Crippen molar-refractivity contribution in [3.63, 3.8) is 0 Å². The minimum atomic E-state index is -1.61. The van der Waals surface area contributed by atoms with E-state index in [1.807, 2.05) is 54.0 Å². The van der Waals surface area contributed by atoms with Crippen molar-refractivity contribution in [1.82, 2.24) is 4.98 Å². The van der Waals surface area contributed by atoms with Gasteiger partial charge >= 0.3 is 73.4 Å². The van der Waals surface area contributed by atoms with Crippen molar-refractivity contribution in [2.24, 2.45) is 0 Å². The zero-order valence-corrected chi connectivity index (χ0v) is 27.8. The van der Waals surface area contributed by atoms with Crippen LogP contribution in [0.4, 0.5) is 11.4 Å². The molecule has 0 unspecified atom stereocenters. The summed E-state index contributed by atoms with van der Waals surface area (Å²) in [7, 11) is 11.3. The second kappa shape index (κ2) is 15.5. The van der Waals surface area contributed by atoms with E-state index in [9.17, 15) is 0 Å². The first-order valence-corrected chi connectivity index (χ1v) is 18.8. The number of aryl methyl sites for hydroxylation is 7. The molecule has 1 aliphatic rings. The Kier molecular flexibility index (Phi) is 12.4. The molecule has 3 aromatic carbocycles. The summed E-state index contributed by atoms with van der Waals surface area (Å²) < 4.78 is 1.92. The molecule has 0 amide bonds. The van der Waals surface area contributed by atoms with Crippen LogP contribution in [0, 0.1) is 55.1 Å². The molecule has 214 valence electrons. The van der Waals surface area contributed by atoms with E-state index in [4.69, 9.17) is 19.4 Å². The molecule has 0 aliphatic carbocycles. The third-order valence-corrected chi connectivity index (χ3v) is 8.42. The van der Waals surface area contributed by atoms with Gasteiger partial charge in [0.05, 0.1) is 0 Å². The fourth-order valence-electron chi connectivity index (χ4n) is 5.13. The van der Waals surface area contributed by atoms with Crippen molar-refractivity contribution < 1.29 is 13.5 Å². The van der Waals surface area contributed by atoms with Crippen LogP contribution in [0.5, 0.6) is 0 Å². The molecule has 1 fully saturated rings. The third kappa shape index (κ3) is 9.55. The van der Waals surface area contributed by atoms with E-state index in [-0.39, 0.29) is 0 Å². The monoisotopic (exact) mass is 662 g/mol. The molecule has 0 radical (unpaired) electrons. The van der Waals surface area contributed by atoms with E-state index in [0.29, 0.717) is 0 Å². The van der Waals surface area contributed by atoms with Gasteiger partial charge in [-0.2, -0.15) is 6.67 Å². The van der Waals surface area contributed by atoms with Gasteiger partial charge in [0.25, 0.3) is 0 Å². The van der Waals surface area contributed by atoms with Crippen molar-refractivity contribution in [2.75, 3.05) is 22.9 Å². The zero-order valence-electron chi connectivity index (χ0n) is 24.5. The third-order valence-electron chi connectivity index (χ3n) is 6.55. The first-order chi connectivity index (χ1) is 19.0. The standard InChI is InChI=1S/C21H27N2.C7H6.C6H7N.2ClH.Ru/c1-14-9-16(3)20(17(4)10-14)22-7-8-23(13-22)21-18(5)11-15(2)12-19(21)6;1-7-5-3-2-4-6-7;1-6-2-4-7-5-3-6;;;/h9-13H,7-8H2,1-6H3;1-6H;2-5H,1H3;2*1H;/q-1;;;;;+2/p-2. The molecule has 1 aromatic heterocycles. The molecular formula is C34H40Cl2N3Ru-. The average Bonchev–Trinajstić information content (AvgIpc) is 3.33. The van der Waals surface area contributed by atoms with Crippen LogP contribution in [0.25, 0.3) is 0 Å². The van der Waals surface area contributed by atoms with Crippen molar-refractivity contribution in [2.45, 2.75) is 48.5 Å². The van der Waals surface area contributed by atoms with E-state index in [1.165, 1.54) is 50.3 Å². The van der Waals surface area contributed by atoms with Gasteiger partial charge in [-0.3, -0.25) is 4.98 Å². The second-order valence-electron chi connectivity index (χ2n) is 10.2. The molecule has 0 spiro atoms. The van der Waals surface area contributed by atoms with Crippen LogP contribution in [0.3, 0.4) is 0 Å². The Labute approximate surface area is 254 Å². The van der Waals surface area contributed by atoms with E-state index in [1.54, 1.807) is 12.4 Å². The van der Waals surface area contributed by atoms with Gasteiger partial charge < -0.3 is 9.80 Å². The summed E-state index contributed by atoms with van der Waals surface area (Å²) in [4.78, 5) is 8.66. The van der Waals surface area contributed by atoms with Crippen LogP contribution in [0.15, 0.2) is 79.1 Å². The number of benzene rings is 3. The SMILES string of the molecule is Cc1cc(C)c(N2[CH-]N(c3c(C)cc(C)cc3C)CC2)c(C)c1.Cc1ccncc1.[Cl][Ru]([Cl])=[CH]c1ccccc1. The molecule has 0 N–H and O–H groups in total. The zero-order chi connectivity index (χ0) is 29.2. The summed E-state index contributed by atoms with van der Waals surface area (Å²) in [5, 5.41) is 0. The second-order valence-corrected chi connectivity index (χ2v) is 16.0. The van der Waals surface area contributed by atoms with E-state index in [0.717, 1.165) is 18.7 Å². The molecule has 0 bridgehead atoms. The predicted molar refractivity (Wildman–Crippen MR) is 173 cm³/mol. The van der Waals surface area contributed by atoms with Gasteiger partial charge in [-0.05, 0) is 88.4 Å². The normalized spacial score (nSPS) is 12.7. The van der Waals surface area contributed by atoms with Crippen LogP contribution < -0.4 is 9.80 Å². The Morgan fingerprint density at radius 3 is 1.43 bits per heavy atom. The predicted octanol–water partition coefficient (Wildman–Crippen LogP) is 9.14. The quantitative estimate of drug-likeness (QED) is 0.161. The Bertz CT molecular complexity index is 1310. The number of rotatable bonds is 3. The molecule has 6 heteroatoms. The van der Waals surface area contributed by atoms with E-state index < -0.39 is 13.5 Å². The van der Waals surface area contributed by atoms with Crippen LogP contribution in [0.1, 0.15) is 44.5 Å². The average molecular weight is 663 g/mol. The van der Waals surface area contributed by atoms with Crippen LogP contribution in [-0.4, -0.2) is 22.7 Å². The van der Waals surface area contributed by atoms with Gasteiger partial charge in [0, 0.05) is 36.9 Å². The van der Waals surface area contributed by atoms with Gasteiger partial charge in [-0.15, -0.1) is 0 Å². The topological polar surface area (TPSA) is 19.4 Å². The van der Waals surface area contributed by atoms with E-state index in [2.05, 4.69) is 87.3 Å². The van der Waals surface area contributed by atoms with Gasteiger partial charge in [-0.1, -0.05) is 35.4 Å². The molecule has 4 aromatic rings. The number of hydrogen-bond donors (Lipinski definition) is 0. The number of anilines is 2. The van der Waals surface area contributed by atoms with E-state index >= 15 is 0 Å². The molecule has 40 heavy (non-hydrogen) atoms. The maximum atomic E-state index is 5.67. The summed E-state index contributed by atoms with van der Waals surface area (Å²) in [5.74, 6) is 0. The number of hydrogen-bond acceptors (Lipinski definition) is 3. The minimum absolute atomic E-state index is 1.04. The molecule has 1 saturated heterocycles. The number of nitrogens with zero attached hydrogens (tertiary/aromatic N) is 3. The number of pyridine rings is 1. The van der Waals surface area contributed by atoms with Crippen LogP contribution in [-0.2, 0) is 13.5 Å². The van der Waals surface area contributed by atoms with Gasteiger partial charge in [0.15, 0.2) is 0 Å². The van der Waals surface area contributed by atoms with Crippen molar-refractivity contribution in [3.8, 4) is 0 Å². The number of halogens is 2. The Morgan fingerprint density at radius 2 is 1.07 bits per heavy atom. The molecule has 1 aliphatic heterocycles. The summed E-state index contributed by atoms with van der Waals surface area (Å²) in [6.45, 7) is 19.6. The first kappa shape index (κ1) is 32.0. The van der Waals surface area contributed by atoms with Gasteiger partial charge in [-0.25, -0.2) is 0 Å². The van der Waals surface area contributed by atoms with Crippen molar-refractivity contribution in [1.29, 1.82) is 0 Å². The Morgan fingerprint density at radius 1 is 0.650 bits per heavy atom. The van der Waals surface area contributed by atoms with Crippen LogP contribution >= 0.6 is 19.4 Å². The Hall–Kier alpha value is -2.52. The maximum absolute atomic E-state index is 5.67. The van der Waals surface area contributed by atoms with Crippen LogP contribution in [0.2, 0.25) is 0 Å².